The minimum atomic E-state index is -1.03. The van der Waals surface area contributed by atoms with E-state index in [-0.39, 0.29) is 17.6 Å². The van der Waals surface area contributed by atoms with Crippen LogP contribution in [0.15, 0.2) is 22.7 Å². The molecule has 0 bridgehead atoms. The van der Waals surface area contributed by atoms with Gasteiger partial charge in [0.1, 0.15) is 0 Å². The number of nitrogens with one attached hydrogen (secondary N) is 1. The maximum absolute atomic E-state index is 12.2. The normalized spacial score (nSPS) is 10.4. The van der Waals surface area contributed by atoms with Crippen LogP contribution in [-0.2, 0) is 0 Å². The van der Waals surface area contributed by atoms with Crippen LogP contribution in [0.25, 0.3) is 0 Å². The van der Waals surface area contributed by atoms with Crippen LogP contribution in [0.3, 0.4) is 0 Å². The maximum atomic E-state index is 12.2. The van der Waals surface area contributed by atoms with Gasteiger partial charge >= 0.3 is 12.0 Å². The highest BCUT2D eigenvalue weighted by Crippen LogP contribution is 2.20. The van der Waals surface area contributed by atoms with Crippen molar-refractivity contribution in [2.75, 3.05) is 11.9 Å². The second-order valence-electron chi connectivity index (χ2n) is 4.75. The number of aromatic carboxylic acids is 1. The Morgan fingerprint density at radius 2 is 2.00 bits per heavy atom. The molecule has 0 saturated carbocycles. The van der Waals surface area contributed by atoms with E-state index in [0.717, 1.165) is 6.42 Å². The molecule has 1 aromatic rings. The molecule has 1 rings (SSSR count). The van der Waals surface area contributed by atoms with E-state index < -0.39 is 5.97 Å². The quantitative estimate of drug-likeness (QED) is 0.854. The number of urea groups is 1. The van der Waals surface area contributed by atoms with Crippen LogP contribution in [0.4, 0.5) is 10.5 Å². The van der Waals surface area contributed by atoms with Gasteiger partial charge in [-0.3, -0.25) is 0 Å². The van der Waals surface area contributed by atoms with Crippen molar-refractivity contribution in [2.24, 2.45) is 0 Å². The summed E-state index contributed by atoms with van der Waals surface area (Å²) in [6, 6.07) is 4.46. The molecule has 0 unspecified atom stereocenters. The fraction of sp³-hybridized carbons (Fsp3) is 0.429. The number of nitrogens with zero attached hydrogens (tertiary/aromatic N) is 1. The van der Waals surface area contributed by atoms with Gasteiger partial charge in [0.2, 0.25) is 0 Å². The van der Waals surface area contributed by atoms with E-state index in [9.17, 15) is 9.59 Å². The smallest absolute Gasteiger partial charge is 0.335 e. The fourth-order valence-electron chi connectivity index (χ4n) is 1.82. The van der Waals surface area contributed by atoms with E-state index in [4.69, 9.17) is 5.11 Å². The largest absolute Gasteiger partial charge is 0.478 e. The molecule has 2 N–H and O–H groups in total. The van der Waals surface area contributed by atoms with Gasteiger partial charge in [-0.2, -0.15) is 0 Å². The number of carboxylic acid groups (broad SMARTS) is 1. The number of rotatable bonds is 5. The van der Waals surface area contributed by atoms with Gasteiger partial charge in [-0.15, -0.1) is 0 Å². The van der Waals surface area contributed by atoms with Gasteiger partial charge in [-0.25, -0.2) is 9.59 Å². The summed E-state index contributed by atoms with van der Waals surface area (Å²) < 4.78 is 0.610. The molecule has 6 heteroatoms. The van der Waals surface area contributed by atoms with Crippen LogP contribution in [0, 0.1) is 0 Å². The average Bonchev–Trinajstić information content (AvgIpc) is 2.34. The van der Waals surface area contributed by atoms with Crippen LogP contribution < -0.4 is 5.32 Å². The highest BCUT2D eigenvalue weighted by molar-refractivity contribution is 9.10. The summed E-state index contributed by atoms with van der Waals surface area (Å²) in [6.07, 6.45) is 0.866. The van der Waals surface area contributed by atoms with Gasteiger partial charge in [0.15, 0.2) is 0 Å². The number of amides is 2. The van der Waals surface area contributed by atoms with Crippen LogP contribution in [0.1, 0.15) is 37.6 Å². The molecule has 0 radical (unpaired) electrons. The van der Waals surface area contributed by atoms with Gasteiger partial charge in [0, 0.05) is 22.7 Å². The Balaban J connectivity index is 2.91. The van der Waals surface area contributed by atoms with Crippen molar-refractivity contribution in [1.29, 1.82) is 0 Å². The number of carboxylic acids is 1. The molecule has 0 fully saturated rings. The number of benzene rings is 1. The standard InChI is InChI=1S/C14H19BrN2O3/c1-4-5-17(9(2)3)14(20)16-12-7-10(13(18)19)6-11(15)8-12/h6-9H,4-5H2,1-3H3,(H,16,20)(H,18,19). The lowest BCUT2D eigenvalue weighted by Gasteiger charge is -2.26. The van der Waals surface area contributed by atoms with Gasteiger partial charge in [-0.05, 0) is 38.5 Å². The second kappa shape index (κ2) is 7.28. The van der Waals surface area contributed by atoms with E-state index >= 15 is 0 Å². The number of hydrogen-bond acceptors (Lipinski definition) is 2. The van der Waals surface area contributed by atoms with Gasteiger partial charge in [-0.1, -0.05) is 22.9 Å². The summed E-state index contributed by atoms with van der Waals surface area (Å²) in [7, 11) is 0. The summed E-state index contributed by atoms with van der Waals surface area (Å²) in [5, 5.41) is 11.7. The summed E-state index contributed by atoms with van der Waals surface area (Å²) >= 11 is 3.24. The molecule has 110 valence electrons. The molecule has 0 aromatic heterocycles. The third kappa shape index (κ3) is 4.52. The SMILES string of the molecule is CCCN(C(=O)Nc1cc(Br)cc(C(=O)O)c1)C(C)C. The Labute approximate surface area is 127 Å². The van der Waals surface area contributed by atoms with Crippen molar-refractivity contribution in [3.63, 3.8) is 0 Å². The first kappa shape index (κ1) is 16.5. The molecule has 0 aliphatic rings. The Bertz CT molecular complexity index is 503. The van der Waals surface area contributed by atoms with E-state index in [1.165, 1.54) is 12.1 Å². The van der Waals surface area contributed by atoms with Crippen LogP contribution >= 0.6 is 15.9 Å². The minimum absolute atomic E-state index is 0.0843. The third-order valence-electron chi connectivity index (χ3n) is 2.74. The first-order valence-corrected chi connectivity index (χ1v) is 7.26. The van der Waals surface area contributed by atoms with Crippen LogP contribution in [-0.4, -0.2) is 34.6 Å². The molecule has 5 nitrogen and oxygen atoms in total. The molecule has 0 aliphatic heterocycles. The van der Waals surface area contributed by atoms with Crippen LogP contribution in [0.5, 0.6) is 0 Å². The molecule has 0 heterocycles. The Morgan fingerprint density at radius 3 is 2.50 bits per heavy atom. The third-order valence-corrected chi connectivity index (χ3v) is 3.20. The molecule has 1 aromatic carbocycles. The Kier molecular flexibility index (Phi) is 6.01. The number of halogens is 1. The topological polar surface area (TPSA) is 69.6 Å². The number of hydrogen-bond donors (Lipinski definition) is 2. The number of anilines is 1. The molecule has 0 aliphatic carbocycles. The first-order chi connectivity index (χ1) is 9.35. The second-order valence-corrected chi connectivity index (χ2v) is 5.67. The van der Waals surface area contributed by atoms with Crippen molar-refractivity contribution >= 4 is 33.6 Å². The molecule has 0 atom stereocenters. The molecular weight excluding hydrogens is 324 g/mol. The predicted molar refractivity (Wildman–Crippen MR) is 82.3 cm³/mol. The fourth-order valence-corrected chi connectivity index (χ4v) is 2.31. The summed E-state index contributed by atoms with van der Waals surface area (Å²) in [5.41, 5.74) is 0.588. The average molecular weight is 343 g/mol. The van der Waals surface area contributed by atoms with Crippen molar-refractivity contribution in [3.8, 4) is 0 Å². The van der Waals surface area contributed by atoms with E-state index in [2.05, 4.69) is 21.2 Å². The first-order valence-electron chi connectivity index (χ1n) is 6.46. The van der Waals surface area contributed by atoms with E-state index in [0.29, 0.717) is 16.7 Å². The lowest BCUT2D eigenvalue weighted by atomic mass is 10.2. The van der Waals surface area contributed by atoms with Crippen molar-refractivity contribution in [3.05, 3.63) is 28.2 Å². The highest BCUT2D eigenvalue weighted by atomic mass is 79.9. The number of carbonyl (C=O) groups is 2. The van der Waals surface area contributed by atoms with Crippen molar-refractivity contribution in [1.82, 2.24) is 4.90 Å². The van der Waals surface area contributed by atoms with Crippen LogP contribution in [0.2, 0.25) is 0 Å². The predicted octanol–water partition coefficient (Wildman–Crippen LogP) is 3.80. The molecule has 0 saturated heterocycles. The highest BCUT2D eigenvalue weighted by Gasteiger charge is 2.16. The van der Waals surface area contributed by atoms with Gasteiger partial charge in [0.25, 0.3) is 0 Å². The van der Waals surface area contributed by atoms with E-state index in [1.54, 1.807) is 11.0 Å². The summed E-state index contributed by atoms with van der Waals surface area (Å²) in [5.74, 6) is -1.03. The van der Waals surface area contributed by atoms with Crippen molar-refractivity contribution in [2.45, 2.75) is 33.2 Å². The van der Waals surface area contributed by atoms with Gasteiger partial charge in [0.05, 0.1) is 5.56 Å². The molecule has 0 spiro atoms. The number of carbonyl (C=O) groups excluding carboxylic acids is 1. The zero-order valence-corrected chi connectivity index (χ0v) is 13.4. The molecular formula is C14H19BrN2O3. The summed E-state index contributed by atoms with van der Waals surface area (Å²) in [6.45, 7) is 6.55. The Morgan fingerprint density at radius 1 is 1.35 bits per heavy atom. The maximum Gasteiger partial charge on any atom is 0.335 e. The Hall–Kier alpha value is -1.56. The van der Waals surface area contributed by atoms with E-state index in [1.807, 2.05) is 20.8 Å². The minimum Gasteiger partial charge on any atom is -0.478 e. The lowest BCUT2D eigenvalue weighted by molar-refractivity contribution is 0.0696. The summed E-state index contributed by atoms with van der Waals surface area (Å²) in [4.78, 5) is 24.9. The molecule has 2 amide bonds. The zero-order valence-electron chi connectivity index (χ0n) is 11.8. The molecule has 20 heavy (non-hydrogen) atoms. The van der Waals surface area contributed by atoms with Crippen molar-refractivity contribution < 1.29 is 14.7 Å². The zero-order chi connectivity index (χ0) is 15.3. The monoisotopic (exact) mass is 342 g/mol. The lowest BCUT2D eigenvalue weighted by Crippen LogP contribution is -2.40. The van der Waals surface area contributed by atoms with Gasteiger partial charge < -0.3 is 15.3 Å².